The minimum absolute atomic E-state index is 0.170. The van der Waals surface area contributed by atoms with Gasteiger partial charge in [-0.2, -0.15) is 4.98 Å². The number of carbonyl (C=O) groups excluding carboxylic acids is 1. The molecule has 3 heterocycles. The van der Waals surface area contributed by atoms with E-state index >= 15 is 0 Å². The maximum Gasteiger partial charge on any atom is 0.231 e. The lowest BCUT2D eigenvalue weighted by molar-refractivity contribution is -0.134. The lowest BCUT2D eigenvalue weighted by atomic mass is 9.93. The third-order valence-electron chi connectivity index (χ3n) is 6.38. The highest BCUT2D eigenvalue weighted by Gasteiger charge is 2.30. The van der Waals surface area contributed by atoms with E-state index < -0.39 is 0 Å². The van der Waals surface area contributed by atoms with Gasteiger partial charge in [0.05, 0.1) is 5.92 Å². The van der Waals surface area contributed by atoms with E-state index in [4.69, 9.17) is 9.51 Å². The second-order valence-corrected chi connectivity index (χ2v) is 8.66. The summed E-state index contributed by atoms with van der Waals surface area (Å²) in [6, 6.07) is 10.5. The summed E-state index contributed by atoms with van der Waals surface area (Å²) in [7, 11) is 2.18. The Labute approximate surface area is 173 Å². The summed E-state index contributed by atoms with van der Waals surface area (Å²) >= 11 is 0. The second kappa shape index (κ2) is 9.53. The van der Waals surface area contributed by atoms with Crippen LogP contribution in [-0.2, 0) is 17.6 Å². The van der Waals surface area contributed by atoms with Crippen LogP contribution in [0.4, 0.5) is 0 Å². The average Bonchev–Trinajstić information content (AvgIpc) is 3.20. The van der Waals surface area contributed by atoms with Gasteiger partial charge in [0.2, 0.25) is 11.8 Å². The predicted octanol–water partition coefficient (Wildman–Crippen LogP) is 3.29. The number of aryl methyl sites for hydroxylation is 1. The molecule has 2 aromatic rings. The second-order valence-electron chi connectivity index (χ2n) is 8.66. The highest BCUT2D eigenvalue weighted by Crippen LogP contribution is 2.27. The molecule has 0 aliphatic carbocycles. The topological polar surface area (TPSA) is 62.5 Å². The third kappa shape index (κ3) is 5.44. The summed E-state index contributed by atoms with van der Waals surface area (Å²) in [5.41, 5.74) is 1.32. The smallest absolute Gasteiger partial charge is 0.231 e. The van der Waals surface area contributed by atoms with Crippen molar-refractivity contribution in [1.82, 2.24) is 19.9 Å². The Morgan fingerprint density at radius 3 is 2.72 bits per heavy atom. The lowest BCUT2D eigenvalue weighted by Crippen LogP contribution is -2.39. The van der Waals surface area contributed by atoms with Gasteiger partial charge >= 0.3 is 0 Å². The normalized spacial score (nSPS) is 21.6. The van der Waals surface area contributed by atoms with E-state index in [1.807, 2.05) is 11.0 Å². The van der Waals surface area contributed by atoms with E-state index in [0.717, 1.165) is 51.1 Å². The Bertz CT molecular complexity index is 783. The van der Waals surface area contributed by atoms with E-state index in [1.165, 1.54) is 18.4 Å². The average molecular weight is 397 g/mol. The molecule has 2 fully saturated rings. The van der Waals surface area contributed by atoms with Crippen molar-refractivity contribution in [3.05, 3.63) is 47.6 Å². The summed E-state index contributed by atoms with van der Waals surface area (Å²) in [6.45, 7) is 3.79. The predicted molar refractivity (Wildman–Crippen MR) is 112 cm³/mol. The molecular formula is C23H32N4O2. The Morgan fingerprint density at radius 2 is 1.93 bits per heavy atom. The van der Waals surface area contributed by atoms with Crippen molar-refractivity contribution in [2.75, 3.05) is 33.2 Å². The van der Waals surface area contributed by atoms with Crippen LogP contribution < -0.4 is 0 Å². The highest BCUT2D eigenvalue weighted by molar-refractivity contribution is 5.77. The molecule has 156 valence electrons. The van der Waals surface area contributed by atoms with Crippen molar-refractivity contribution in [1.29, 1.82) is 0 Å². The van der Waals surface area contributed by atoms with Gasteiger partial charge in [-0.3, -0.25) is 4.79 Å². The van der Waals surface area contributed by atoms with Crippen LogP contribution in [0.3, 0.4) is 0 Å². The van der Waals surface area contributed by atoms with Crippen molar-refractivity contribution >= 4 is 5.91 Å². The van der Waals surface area contributed by atoms with Gasteiger partial charge < -0.3 is 14.3 Å². The number of rotatable bonds is 7. The zero-order valence-electron chi connectivity index (χ0n) is 17.4. The molecule has 2 saturated heterocycles. The highest BCUT2D eigenvalue weighted by atomic mass is 16.5. The molecule has 1 amide bonds. The first-order valence-electron chi connectivity index (χ1n) is 11.0. The van der Waals surface area contributed by atoms with E-state index in [0.29, 0.717) is 24.8 Å². The van der Waals surface area contributed by atoms with Crippen LogP contribution in [0.25, 0.3) is 0 Å². The fraction of sp³-hybridized carbons (Fsp3) is 0.609. The van der Waals surface area contributed by atoms with Crippen LogP contribution in [-0.4, -0.2) is 59.1 Å². The van der Waals surface area contributed by atoms with Crippen molar-refractivity contribution in [3.8, 4) is 0 Å². The third-order valence-corrected chi connectivity index (χ3v) is 6.38. The van der Waals surface area contributed by atoms with Gasteiger partial charge in [-0.05, 0) is 63.7 Å². The zero-order valence-corrected chi connectivity index (χ0v) is 17.4. The lowest BCUT2D eigenvalue weighted by Gasteiger charge is -2.31. The molecule has 2 aliphatic rings. The van der Waals surface area contributed by atoms with Crippen LogP contribution in [0, 0.1) is 5.92 Å². The molecule has 0 spiro atoms. The molecule has 4 rings (SSSR count). The molecule has 0 saturated carbocycles. The molecule has 1 aromatic heterocycles. The standard InChI is InChI=1S/C23H32N4O2/c1-26-14-11-19(12-15-26)16-21-24-23(29-25-21)20-9-10-22(28)27(17-20)13-5-8-18-6-3-2-4-7-18/h2-4,6-7,19-20H,5,8-17H2,1H3. The summed E-state index contributed by atoms with van der Waals surface area (Å²) in [5, 5.41) is 4.25. The number of aromatic nitrogens is 2. The number of piperidine rings is 2. The monoisotopic (exact) mass is 396 g/mol. The Kier molecular flexibility index (Phi) is 6.60. The van der Waals surface area contributed by atoms with Gasteiger partial charge in [0.15, 0.2) is 5.82 Å². The van der Waals surface area contributed by atoms with E-state index in [-0.39, 0.29) is 11.8 Å². The summed E-state index contributed by atoms with van der Waals surface area (Å²) in [4.78, 5) is 21.4. The van der Waals surface area contributed by atoms with Crippen molar-refractivity contribution in [2.45, 2.75) is 50.9 Å². The first-order chi connectivity index (χ1) is 14.2. The van der Waals surface area contributed by atoms with Crippen LogP contribution in [0.5, 0.6) is 0 Å². The molecule has 0 N–H and O–H groups in total. The Balaban J connectivity index is 1.28. The van der Waals surface area contributed by atoms with E-state index in [1.54, 1.807) is 0 Å². The van der Waals surface area contributed by atoms with Crippen LogP contribution in [0.15, 0.2) is 34.9 Å². The minimum Gasteiger partial charge on any atom is -0.342 e. The number of carbonyl (C=O) groups is 1. The molecule has 0 radical (unpaired) electrons. The number of hydrogen-bond donors (Lipinski definition) is 0. The Hall–Kier alpha value is -2.21. The van der Waals surface area contributed by atoms with E-state index in [9.17, 15) is 4.79 Å². The van der Waals surface area contributed by atoms with Gasteiger partial charge in [0.25, 0.3) is 0 Å². The largest absolute Gasteiger partial charge is 0.342 e. The fourth-order valence-electron chi connectivity index (χ4n) is 4.49. The van der Waals surface area contributed by atoms with Gasteiger partial charge in [0, 0.05) is 25.9 Å². The fourth-order valence-corrected chi connectivity index (χ4v) is 4.49. The number of nitrogens with zero attached hydrogens (tertiary/aromatic N) is 4. The molecule has 6 nitrogen and oxygen atoms in total. The summed E-state index contributed by atoms with van der Waals surface area (Å²) < 4.78 is 5.61. The van der Waals surface area contributed by atoms with Crippen molar-refractivity contribution < 1.29 is 9.32 Å². The summed E-state index contributed by atoms with van der Waals surface area (Å²) in [6.07, 6.45) is 6.67. The molecule has 1 atom stereocenters. The minimum atomic E-state index is 0.170. The molecule has 2 aliphatic heterocycles. The van der Waals surface area contributed by atoms with Gasteiger partial charge in [-0.1, -0.05) is 35.5 Å². The first-order valence-corrected chi connectivity index (χ1v) is 11.0. The molecule has 0 bridgehead atoms. The van der Waals surface area contributed by atoms with Crippen molar-refractivity contribution in [2.24, 2.45) is 5.92 Å². The van der Waals surface area contributed by atoms with Crippen LogP contribution in [0.1, 0.15) is 55.3 Å². The first kappa shape index (κ1) is 20.1. The molecule has 1 aromatic carbocycles. The van der Waals surface area contributed by atoms with Gasteiger partial charge in [-0.25, -0.2) is 0 Å². The molecular weight excluding hydrogens is 364 g/mol. The number of likely N-dealkylation sites (tertiary alicyclic amines) is 2. The molecule has 29 heavy (non-hydrogen) atoms. The van der Waals surface area contributed by atoms with Gasteiger partial charge in [0.1, 0.15) is 0 Å². The van der Waals surface area contributed by atoms with Gasteiger partial charge in [-0.15, -0.1) is 0 Å². The van der Waals surface area contributed by atoms with Crippen LogP contribution in [0.2, 0.25) is 0 Å². The number of benzene rings is 1. The molecule has 1 unspecified atom stereocenters. The zero-order chi connectivity index (χ0) is 20.1. The Morgan fingerprint density at radius 1 is 1.14 bits per heavy atom. The van der Waals surface area contributed by atoms with Crippen molar-refractivity contribution in [3.63, 3.8) is 0 Å². The quantitative estimate of drug-likeness (QED) is 0.719. The summed E-state index contributed by atoms with van der Waals surface area (Å²) in [5.74, 6) is 2.62. The van der Waals surface area contributed by atoms with Crippen LogP contribution >= 0.6 is 0 Å². The number of amides is 1. The maximum absolute atomic E-state index is 12.4. The number of hydrogen-bond acceptors (Lipinski definition) is 5. The van der Waals surface area contributed by atoms with E-state index in [2.05, 4.69) is 41.4 Å². The SMILES string of the molecule is CN1CCC(Cc2noc(C3CCC(=O)N(CCCc4ccccc4)C3)n2)CC1. The molecule has 6 heteroatoms. The maximum atomic E-state index is 12.4.